The highest BCUT2D eigenvalue weighted by molar-refractivity contribution is 5.76. The maximum Gasteiger partial charge on any atom is 0.221 e. The Bertz CT molecular complexity index is 429. The highest BCUT2D eigenvalue weighted by Crippen LogP contribution is 2.15. The normalized spacial score (nSPS) is 12.5. The molecule has 2 N–H and O–H groups in total. The molecule has 1 atom stereocenters. The predicted octanol–water partition coefficient (Wildman–Crippen LogP) is 2.78. The summed E-state index contributed by atoms with van der Waals surface area (Å²) in [7, 11) is 0. The Morgan fingerprint density at radius 2 is 1.75 bits per heavy atom. The third-order valence-electron chi connectivity index (χ3n) is 2.89. The van der Waals surface area contributed by atoms with Crippen LogP contribution >= 0.6 is 0 Å². The smallest absolute Gasteiger partial charge is 0.221 e. The predicted molar refractivity (Wildman–Crippen MR) is 75.2 cm³/mol. The van der Waals surface area contributed by atoms with Crippen molar-refractivity contribution in [1.29, 1.82) is 0 Å². The lowest BCUT2D eigenvalue weighted by atomic mass is 10.1. The molecular weight excluding hydrogens is 262 g/mol. The number of halogens is 2. The number of hydrogen-bond acceptors (Lipinski definition) is 2. The van der Waals surface area contributed by atoms with E-state index >= 15 is 0 Å². The van der Waals surface area contributed by atoms with Crippen molar-refractivity contribution in [3.8, 4) is 0 Å². The van der Waals surface area contributed by atoms with Crippen molar-refractivity contribution in [2.75, 3.05) is 13.1 Å². The summed E-state index contributed by atoms with van der Waals surface area (Å²) in [5.74, 6) is -0.795. The van der Waals surface area contributed by atoms with E-state index in [-0.39, 0.29) is 11.9 Å². The number of rotatable bonds is 7. The van der Waals surface area contributed by atoms with E-state index in [0.717, 1.165) is 6.07 Å². The molecule has 3 nitrogen and oxygen atoms in total. The van der Waals surface area contributed by atoms with Gasteiger partial charge in [-0.25, -0.2) is 8.78 Å². The van der Waals surface area contributed by atoms with Gasteiger partial charge in [-0.3, -0.25) is 4.79 Å². The summed E-state index contributed by atoms with van der Waals surface area (Å²) >= 11 is 0. The first-order valence-electron chi connectivity index (χ1n) is 6.84. The van der Waals surface area contributed by atoms with Crippen LogP contribution in [0, 0.1) is 17.6 Å². The molecule has 5 heteroatoms. The SMILES string of the molecule is CC(C)CNC(=O)CCNC(C)c1cc(F)cc(F)c1. The van der Waals surface area contributed by atoms with E-state index in [1.54, 1.807) is 6.92 Å². The molecule has 1 rings (SSSR count). The summed E-state index contributed by atoms with van der Waals surface area (Å²) in [6.45, 7) is 6.98. The second-order valence-corrected chi connectivity index (χ2v) is 5.33. The van der Waals surface area contributed by atoms with Crippen molar-refractivity contribution in [3.05, 3.63) is 35.4 Å². The van der Waals surface area contributed by atoms with Crippen molar-refractivity contribution < 1.29 is 13.6 Å². The zero-order valence-electron chi connectivity index (χ0n) is 12.2. The first-order chi connectivity index (χ1) is 9.38. The molecule has 1 unspecified atom stereocenters. The van der Waals surface area contributed by atoms with Crippen molar-refractivity contribution in [3.63, 3.8) is 0 Å². The lowest BCUT2D eigenvalue weighted by Crippen LogP contribution is -2.31. The van der Waals surface area contributed by atoms with E-state index in [1.807, 2.05) is 13.8 Å². The maximum atomic E-state index is 13.1. The van der Waals surface area contributed by atoms with Gasteiger partial charge in [-0.15, -0.1) is 0 Å². The molecule has 1 amide bonds. The van der Waals surface area contributed by atoms with Gasteiger partial charge in [-0.1, -0.05) is 13.8 Å². The Kier molecular flexibility index (Phi) is 6.58. The first kappa shape index (κ1) is 16.6. The van der Waals surface area contributed by atoms with E-state index in [2.05, 4.69) is 10.6 Å². The topological polar surface area (TPSA) is 41.1 Å². The first-order valence-corrected chi connectivity index (χ1v) is 6.84. The Morgan fingerprint density at radius 1 is 1.15 bits per heavy atom. The highest BCUT2D eigenvalue weighted by atomic mass is 19.1. The summed E-state index contributed by atoms with van der Waals surface area (Å²) in [6.07, 6.45) is 0.342. The standard InChI is InChI=1S/C15H22F2N2O/c1-10(2)9-19-15(20)4-5-18-11(3)12-6-13(16)8-14(17)7-12/h6-8,10-11,18H,4-5,9H2,1-3H3,(H,19,20). The van der Waals surface area contributed by atoms with Crippen molar-refractivity contribution in [1.82, 2.24) is 10.6 Å². The molecule has 0 aliphatic rings. The number of benzene rings is 1. The number of carbonyl (C=O) groups excluding carboxylic acids is 1. The van der Waals surface area contributed by atoms with Crippen LogP contribution in [0.4, 0.5) is 8.78 Å². The fraction of sp³-hybridized carbons (Fsp3) is 0.533. The van der Waals surface area contributed by atoms with E-state index in [4.69, 9.17) is 0 Å². The van der Waals surface area contributed by atoms with Crippen LogP contribution in [0.5, 0.6) is 0 Å². The minimum Gasteiger partial charge on any atom is -0.356 e. The van der Waals surface area contributed by atoms with Gasteiger partial charge in [0.05, 0.1) is 0 Å². The molecule has 0 bridgehead atoms. The molecule has 0 aromatic heterocycles. The molecule has 112 valence electrons. The Hall–Kier alpha value is -1.49. The van der Waals surface area contributed by atoms with E-state index in [1.165, 1.54) is 12.1 Å². The van der Waals surface area contributed by atoms with Gasteiger partial charge in [0.15, 0.2) is 0 Å². The summed E-state index contributed by atoms with van der Waals surface area (Å²) < 4.78 is 26.2. The van der Waals surface area contributed by atoms with E-state index in [9.17, 15) is 13.6 Å². The lowest BCUT2D eigenvalue weighted by molar-refractivity contribution is -0.121. The molecule has 1 aromatic carbocycles. The molecule has 0 fully saturated rings. The molecular formula is C15H22F2N2O. The van der Waals surface area contributed by atoms with Crippen molar-refractivity contribution in [2.24, 2.45) is 5.92 Å². The number of carbonyl (C=O) groups is 1. The third kappa shape index (κ3) is 6.10. The van der Waals surface area contributed by atoms with Crippen LogP contribution in [0.3, 0.4) is 0 Å². The van der Waals surface area contributed by atoms with Gasteiger partial charge in [-0.05, 0) is 30.5 Å². The Morgan fingerprint density at radius 3 is 2.30 bits per heavy atom. The van der Waals surface area contributed by atoms with E-state index in [0.29, 0.717) is 31.0 Å². The molecule has 20 heavy (non-hydrogen) atoms. The minimum absolute atomic E-state index is 0.0242. The number of amides is 1. The van der Waals surface area contributed by atoms with Gasteiger partial charge in [0.2, 0.25) is 5.91 Å². The zero-order valence-corrected chi connectivity index (χ0v) is 12.2. The van der Waals surface area contributed by atoms with Crippen molar-refractivity contribution in [2.45, 2.75) is 33.2 Å². The van der Waals surface area contributed by atoms with Crippen LogP contribution in [-0.4, -0.2) is 19.0 Å². The van der Waals surface area contributed by atoms with Gasteiger partial charge in [0.25, 0.3) is 0 Å². The second-order valence-electron chi connectivity index (χ2n) is 5.33. The Balaban J connectivity index is 2.36. The van der Waals surface area contributed by atoms with Gasteiger partial charge in [0.1, 0.15) is 11.6 Å². The fourth-order valence-corrected chi connectivity index (χ4v) is 1.75. The molecule has 0 aliphatic carbocycles. The summed E-state index contributed by atoms with van der Waals surface area (Å²) in [6, 6.07) is 3.22. The summed E-state index contributed by atoms with van der Waals surface area (Å²) in [5.41, 5.74) is 0.532. The lowest BCUT2D eigenvalue weighted by Gasteiger charge is -2.14. The van der Waals surface area contributed by atoms with Gasteiger partial charge in [-0.2, -0.15) is 0 Å². The van der Waals surface area contributed by atoms with Gasteiger partial charge in [0, 0.05) is 31.6 Å². The van der Waals surface area contributed by atoms with E-state index < -0.39 is 11.6 Å². The van der Waals surface area contributed by atoms with Crippen LogP contribution in [0.2, 0.25) is 0 Å². The average Bonchev–Trinajstić information content (AvgIpc) is 2.35. The van der Waals surface area contributed by atoms with Crippen LogP contribution in [0.15, 0.2) is 18.2 Å². The maximum absolute atomic E-state index is 13.1. The molecule has 0 heterocycles. The van der Waals surface area contributed by atoms with Crippen LogP contribution < -0.4 is 10.6 Å². The van der Waals surface area contributed by atoms with Gasteiger partial charge < -0.3 is 10.6 Å². The minimum atomic E-state index is -0.594. The van der Waals surface area contributed by atoms with Crippen LogP contribution in [0.25, 0.3) is 0 Å². The highest BCUT2D eigenvalue weighted by Gasteiger charge is 2.09. The quantitative estimate of drug-likeness (QED) is 0.808. The molecule has 0 radical (unpaired) electrons. The third-order valence-corrected chi connectivity index (χ3v) is 2.89. The number of hydrogen-bond donors (Lipinski definition) is 2. The second kappa shape index (κ2) is 7.94. The van der Waals surface area contributed by atoms with Gasteiger partial charge >= 0.3 is 0 Å². The summed E-state index contributed by atoms with van der Waals surface area (Å²) in [4.78, 5) is 11.5. The monoisotopic (exact) mass is 284 g/mol. The average molecular weight is 284 g/mol. The van der Waals surface area contributed by atoms with Crippen LogP contribution in [-0.2, 0) is 4.79 Å². The largest absolute Gasteiger partial charge is 0.356 e. The summed E-state index contributed by atoms with van der Waals surface area (Å²) in [5, 5.41) is 5.89. The zero-order chi connectivity index (χ0) is 15.1. The molecule has 0 aliphatic heterocycles. The number of nitrogens with one attached hydrogen (secondary N) is 2. The Labute approximate surface area is 118 Å². The van der Waals surface area contributed by atoms with Crippen molar-refractivity contribution >= 4 is 5.91 Å². The molecule has 1 aromatic rings. The fourth-order valence-electron chi connectivity index (χ4n) is 1.75. The molecule has 0 spiro atoms. The molecule has 0 saturated heterocycles. The van der Waals surface area contributed by atoms with Crippen LogP contribution in [0.1, 0.15) is 38.8 Å². The molecule has 0 saturated carbocycles.